The zero-order chi connectivity index (χ0) is 14.0. The molecule has 0 bridgehead atoms. The van der Waals surface area contributed by atoms with Gasteiger partial charge in [0.1, 0.15) is 4.83 Å². The Bertz CT molecular complexity index is 631. The molecule has 0 saturated heterocycles. The number of pyridine rings is 1. The van der Waals surface area contributed by atoms with Gasteiger partial charge in [-0.15, -0.1) is 11.3 Å². The van der Waals surface area contributed by atoms with Gasteiger partial charge in [0.2, 0.25) is 0 Å². The fourth-order valence-electron chi connectivity index (χ4n) is 1.89. The smallest absolute Gasteiger partial charge is 0.267 e. The molecule has 2 aromatic rings. The number of thiophene rings is 1. The first-order chi connectivity index (χ1) is 9.04. The quantitative estimate of drug-likeness (QED) is 0.864. The summed E-state index contributed by atoms with van der Waals surface area (Å²) >= 11 is 1.43. The number of carbonyl (C=O) groups excluding carboxylic acids is 1. The summed E-state index contributed by atoms with van der Waals surface area (Å²) in [6.45, 7) is 1.89. The van der Waals surface area contributed by atoms with Crippen LogP contribution in [-0.2, 0) is 0 Å². The molecule has 5 heteroatoms. The molecule has 0 aliphatic carbocycles. The van der Waals surface area contributed by atoms with E-state index in [0.717, 1.165) is 15.9 Å². The van der Waals surface area contributed by atoms with Crippen LogP contribution in [0.4, 0.5) is 5.69 Å². The molecule has 0 unspecified atom stereocenters. The molecular weight excluding hydrogens is 258 g/mol. The summed E-state index contributed by atoms with van der Waals surface area (Å²) in [5.74, 6) is -0.00851. The Hall–Kier alpha value is -1.88. The highest BCUT2D eigenvalue weighted by Gasteiger charge is 2.15. The van der Waals surface area contributed by atoms with Crippen molar-refractivity contribution in [3.05, 3.63) is 35.5 Å². The van der Waals surface area contributed by atoms with E-state index in [4.69, 9.17) is 0 Å². The lowest BCUT2D eigenvalue weighted by Crippen LogP contribution is -2.19. The molecule has 2 aromatic heterocycles. The monoisotopic (exact) mass is 275 g/mol. The van der Waals surface area contributed by atoms with Gasteiger partial charge in [0.15, 0.2) is 0 Å². The third-order valence-corrected chi connectivity index (χ3v) is 3.83. The van der Waals surface area contributed by atoms with Gasteiger partial charge in [0.25, 0.3) is 5.91 Å². The minimum atomic E-state index is -0.00851. The minimum Gasteiger partial charge on any atom is -0.377 e. The second kappa shape index (κ2) is 5.40. The molecule has 4 nitrogen and oxygen atoms in total. The molecule has 0 radical (unpaired) electrons. The Morgan fingerprint density at radius 2 is 2.11 bits per heavy atom. The molecule has 0 atom stereocenters. The van der Waals surface area contributed by atoms with E-state index < -0.39 is 0 Å². The predicted molar refractivity (Wildman–Crippen MR) is 80.9 cm³/mol. The van der Waals surface area contributed by atoms with Crippen LogP contribution in [0.5, 0.6) is 0 Å². The van der Waals surface area contributed by atoms with E-state index in [-0.39, 0.29) is 5.91 Å². The van der Waals surface area contributed by atoms with Crippen LogP contribution in [0.2, 0.25) is 0 Å². The van der Waals surface area contributed by atoms with Crippen LogP contribution in [0.1, 0.15) is 16.6 Å². The summed E-state index contributed by atoms with van der Waals surface area (Å²) < 4.78 is 0. The van der Waals surface area contributed by atoms with Crippen LogP contribution < -0.4 is 4.90 Å². The highest BCUT2D eigenvalue weighted by Crippen LogP contribution is 2.31. The topological polar surface area (TPSA) is 36.4 Å². The number of nitrogens with zero attached hydrogens (tertiary/aromatic N) is 3. The van der Waals surface area contributed by atoms with Gasteiger partial charge in [-0.25, -0.2) is 4.98 Å². The Morgan fingerprint density at radius 3 is 2.74 bits per heavy atom. The number of aromatic nitrogens is 1. The summed E-state index contributed by atoms with van der Waals surface area (Å²) in [7, 11) is 5.73. The van der Waals surface area contributed by atoms with E-state index in [9.17, 15) is 4.79 Å². The number of amides is 1. The summed E-state index contributed by atoms with van der Waals surface area (Å²) in [6, 6.07) is 3.88. The van der Waals surface area contributed by atoms with Gasteiger partial charge in [-0.2, -0.15) is 0 Å². The van der Waals surface area contributed by atoms with Crippen molar-refractivity contribution in [1.29, 1.82) is 0 Å². The van der Waals surface area contributed by atoms with Crippen LogP contribution in [0, 0.1) is 0 Å². The molecule has 0 spiro atoms. The Morgan fingerprint density at radius 1 is 1.37 bits per heavy atom. The largest absolute Gasteiger partial charge is 0.377 e. The number of anilines is 1. The van der Waals surface area contributed by atoms with Crippen molar-refractivity contribution in [3.63, 3.8) is 0 Å². The zero-order valence-electron chi connectivity index (χ0n) is 11.5. The van der Waals surface area contributed by atoms with Gasteiger partial charge in [-0.05, 0) is 19.1 Å². The molecule has 0 aliphatic heterocycles. The van der Waals surface area contributed by atoms with Gasteiger partial charge in [-0.1, -0.05) is 6.08 Å². The number of fused-ring (bicyclic) bond motifs is 1. The van der Waals surface area contributed by atoms with Crippen molar-refractivity contribution in [2.45, 2.75) is 6.92 Å². The van der Waals surface area contributed by atoms with Crippen molar-refractivity contribution in [1.82, 2.24) is 9.88 Å². The molecule has 0 aliphatic rings. The van der Waals surface area contributed by atoms with E-state index >= 15 is 0 Å². The van der Waals surface area contributed by atoms with Gasteiger partial charge in [0, 0.05) is 44.6 Å². The highest BCUT2D eigenvalue weighted by molar-refractivity contribution is 7.20. The van der Waals surface area contributed by atoms with Crippen molar-refractivity contribution in [2.75, 3.05) is 26.0 Å². The molecular formula is C14H17N3OS. The maximum atomic E-state index is 12.2. The first-order valence-electron chi connectivity index (χ1n) is 6.00. The summed E-state index contributed by atoms with van der Waals surface area (Å²) in [6.07, 6.45) is 5.37. The average molecular weight is 275 g/mol. The molecule has 0 saturated carbocycles. The SMILES string of the molecule is C/C=C/N(C)C(=O)c1cc2c(N(C)C)ccnc2s1. The third kappa shape index (κ3) is 2.61. The molecule has 0 N–H and O–H groups in total. The number of hydrogen-bond donors (Lipinski definition) is 0. The summed E-state index contributed by atoms with van der Waals surface area (Å²) in [5, 5.41) is 1.02. The Labute approximate surface area is 117 Å². The number of rotatable bonds is 3. The molecule has 0 fully saturated rings. The van der Waals surface area contributed by atoms with E-state index in [2.05, 4.69) is 4.98 Å². The lowest BCUT2D eigenvalue weighted by molar-refractivity contribution is 0.0854. The lowest BCUT2D eigenvalue weighted by Gasteiger charge is -2.12. The van der Waals surface area contributed by atoms with Crippen LogP contribution in [0.25, 0.3) is 10.2 Å². The lowest BCUT2D eigenvalue weighted by atomic mass is 10.2. The van der Waals surface area contributed by atoms with E-state index in [1.807, 2.05) is 44.1 Å². The highest BCUT2D eigenvalue weighted by atomic mass is 32.1. The molecule has 100 valence electrons. The molecule has 0 aromatic carbocycles. The van der Waals surface area contributed by atoms with Crippen LogP contribution in [-0.4, -0.2) is 36.9 Å². The first kappa shape index (κ1) is 13.5. The van der Waals surface area contributed by atoms with Crippen LogP contribution >= 0.6 is 11.3 Å². The van der Waals surface area contributed by atoms with Gasteiger partial charge in [0.05, 0.1) is 4.88 Å². The summed E-state index contributed by atoms with van der Waals surface area (Å²) in [5.41, 5.74) is 1.08. The Balaban J connectivity index is 2.47. The van der Waals surface area contributed by atoms with E-state index in [1.54, 1.807) is 24.3 Å². The second-order valence-electron chi connectivity index (χ2n) is 4.45. The van der Waals surface area contributed by atoms with Gasteiger partial charge >= 0.3 is 0 Å². The van der Waals surface area contributed by atoms with E-state index in [1.165, 1.54) is 11.3 Å². The van der Waals surface area contributed by atoms with Crippen molar-refractivity contribution >= 4 is 33.1 Å². The fraction of sp³-hybridized carbons (Fsp3) is 0.286. The van der Waals surface area contributed by atoms with Crippen LogP contribution in [0.3, 0.4) is 0 Å². The fourth-order valence-corrected chi connectivity index (χ4v) is 2.89. The van der Waals surface area contributed by atoms with Crippen molar-refractivity contribution < 1.29 is 4.79 Å². The molecule has 2 heterocycles. The summed E-state index contributed by atoms with van der Waals surface area (Å²) in [4.78, 5) is 21.8. The van der Waals surface area contributed by atoms with Gasteiger partial charge < -0.3 is 9.80 Å². The number of carbonyl (C=O) groups is 1. The maximum Gasteiger partial charge on any atom is 0.267 e. The number of hydrogen-bond acceptors (Lipinski definition) is 4. The molecule has 2 rings (SSSR count). The van der Waals surface area contributed by atoms with Crippen LogP contribution in [0.15, 0.2) is 30.6 Å². The average Bonchev–Trinajstić information content (AvgIpc) is 2.81. The Kier molecular flexibility index (Phi) is 3.85. The zero-order valence-corrected chi connectivity index (χ0v) is 12.4. The predicted octanol–water partition coefficient (Wildman–Crippen LogP) is 2.97. The molecule has 19 heavy (non-hydrogen) atoms. The van der Waals surface area contributed by atoms with Crippen molar-refractivity contribution in [3.8, 4) is 0 Å². The van der Waals surface area contributed by atoms with Crippen molar-refractivity contribution in [2.24, 2.45) is 0 Å². The standard InChI is InChI=1S/C14H17N3OS/c1-5-8-17(4)14(18)12-9-10-11(16(2)3)6-7-15-13(10)19-12/h5-9H,1-4H3/b8-5+. The normalized spacial score (nSPS) is 11.2. The molecule has 1 amide bonds. The minimum absolute atomic E-state index is 0.00851. The second-order valence-corrected chi connectivity index (χ2v) is 5.48. The third-order valence-electron chi connectivity index (χ3n) is 2.80. The van der Waals surface area contributed by atoms with Gasteiger partial charge in [-0.3, -0.25) is 4.79 Å². The maximum absolute atomic E-state index is 12.2. The number of allylic oxidation sites excluding steroid dienone is 1. The van der Waals surface area contributed by atoms with E-state index in [0.29, 0.717) is 4.88 Å². The first-order valence-corrected chi connectivity index (χ1v) is 6.82.